The Morgan fingerprint density at radius 2 is 2.07 bits per heavy atom. The zero-order chi connectivity index (χ0) is 11.1. The average Bonchev–Trinajstić information content (AvgIpc) is 2.27. The van der Waals surface area contributed by atoms with E-state index in [1.54, 1.807) is 0 Å². The van der Waals surface area contributed by atoms with Gasteiger partial charge < -0.3 is 4.74 Å². The Balaban J connectivity index is 2.41. The Bertz CT molecular complexity index is 298. The van der Waals surface area contributed by atoms with Gasteiger partial charge in [0.2, 0.25) is 0 Å². The van der Waals surface area contributed by atoms with E-state index >= 15 is 0 Å². The minimum atomic E-state index is -0.140. The van der Waals surface area contributed by atoms with Gasteiger partial charge in [-0.15, -0.1) is 11.8 Å². The molecule has 1 unspecified atom stereocenters. The molecule has 2 nitrogen and oxygen atoms in total. The summed E-state index contributed by atoms with van der Waals surface area (Å²) in [6.45, 7) is 4.37. The minimum absolute atomic E-state index is 0.134. The molecule has 82 valence electrons. The Labute approximate surface area is 95.0 Å². The molecular weight excluding hydrogens is 208 g/mol. The molecule has 0 aliphatic carbocycles. The summed E-state index contributed by atoms with van der Waals surface area (Å²) in [7, 11) is 0. The van der Waals surface area contributed by atoms with Gasteiger partial charge in [-0.2, -0.15) is 0 Å². The third-order valence-electron chi connectivity index (χ3n) is 1.84. The molecule has 3 heteroatoms. The molecule has 15 heavy (non-hydrogen) atoms. The lowest BCUT2D eigenvalue weighted by Crippen LogP contribution is -2.17. The molecule has 0 fully saturated rings. The Hall–Kier alpha value is -0.960. The molecule has 0 aromatic heterocycles. The zero-order valence-electron chi connectivity index (χ0n) is 9.10. The number of benzene rings is 1. The first kappa shape index (κ1) is 12.1. The first-order chi connectivity index (χ1) is 7.24. The number of thioether (sulfide) groups is 1. The first-order valence-electron chi connectivity index (χ1n) is 5.12. The van der Waals surface area contributed by atoms with Crippen LogP contribution in [0, 0.1) is 0 Å². The van der Waals surface area contributed by atoms with Crippen LogP contribution in [-0.2, 0) is 9.53 Å². The lowest BCUT2D eigenvalue weighted by atomic mass is 10.4. The van der Waals surface area contributed by atoms with Crippen molar-refractivity contribution in [2.24, 2.45) is 0 Å². The molecule has 0 aliphatic rings. The van der Waals surface area contributed by atoms with Crippen molar-refractivity contribution in [2.75, 3.05) is 6.61 Å². The van der Waals surface area contributed by atoms with Crippen molar-refractivity contribution in [3.05, 3.63) is 30.3 Å². The fourth-order valence-corrected chi connectivity index (χ4v) is 1.96. The molecule has 1 aromatic carbocycles. The van der Waals surface area contributed by atoms with E-state index in [2.05, 4.69) is 0 Å². The summed E-state index contributed by atoms with van der Waals surface area (Å²) in [5.41, 5.74) is 0. The van der Waals surface area contributed by atoms with Crippen molar-refractivity contribution in [1.82, 2.24) is 0 Å². The highest BCUT2D eigenvalue weighted by Crippen LogP contribution is 2.23. The van der Waals surface area contributed by atoms with Crippen molar-refractivity contribution in [2.45, 2.75) is 30.4 Å². The van der Waals surface area contributed by atoms with E-state index in [0.29, 0.717) is 6.61 Å². The molecule has 0 saturated heterocycles. The van der Waals surface area contributed by atoms with Crippen LogP contribution in [0.15, 0.2) is 35.2 Å². The average molecular weight is 224 g/mol. The van der Waals surface area contributed by atoms with Crippen molar-refractivity contribution >= 4 is 17.7 Å². The van der Waals surface area contributed by atoms with E-state index in [1.807, 2.05) is 44.2 Å². The number of ether oxygens (including phenoxy) is 1. The molecule has 0 spiro atoms. The molecular formula is C12H16O2S. The molecule has 0 amide bonds. The van der Waals surface area contributed by atoms with Gasteiger partial charge in [-0.05, 0) is 25.5 Å². The van der Waals surface area contributed by atoms with Crippen LogP contribution in [0.4, 0.5) is 0 Å². The van der Waals surface area contributed by atoms with Gasteiger partial charge in [0.15, 0.2) is 0 Å². The maximum Gasteiger partial charge on any atom is 0.319 e. The highest BCUT2D eigenvalue weighted by Gasteiger charge is 2.14. The smallest absolute Gasteiger partial charge is 0.319 e. The van der Waals surface area contributed by atoms with Gasteiger partial charge in [-0.25, -0.2) is 0 Å². The predicted molar refractivity (Wildman–Crippen MR) is 63.0 cm³/mol. The van der Waals surface area contributed by atoms with E-state index in [-0.39, 0.29) is 11.2 Å². The van der Waals surface area contributed by atoms with Crippen LogP contribution in [0.1, 0.15) is 20.3 Å². The second kappa shape index (κ2) is 6.51. The summed E-state index contributed by atoms with van der Waals surface area (Å²) >= 11 is 1.53. The molecule has 0 radical (unpaired) electrons. The van der Waals surface area contributed by atoms with E-state index in [1.165, 1.54) is 11.8 Å². The van der Waals surface area contributed by atoms with Gasteiger partial charge >= 0.3 is 5.97 Å². The van der Waals surface area contributed by atoms with Crippen molar-refractivity contribution in [3.63, 3.8) is 0 Å². The van der Waals surface area contributed by atoms with Crippen LogP contribution in [0.25, 0.3) is 0 Å². The number of hydrogen-bond acceptors (Lipinski definition) is 3. The molecule has 0 N–H and O–H groups in total. The van der Waals surface area contributed by atoms with Gasteiger partial charge in [-0.3, -0.25) is 4.79 Å². The second-order valence-electron chi connectivity index (χ2n) is 3.24. The van der Waals surface area contributed by atoms with Crippen LogP contribution in [0.5, 0.6) is 0 Å². The lowest BCUT2D eigenvalue weighted by Gasteiger charge is -2.10. The maximum atomic E-state index is 11.5. The fourth-order valence-electron chi connectivity index (χ4n) is 1.07. The van der Waals surface area contributed by atoms with Crippen LogP contribution < -0.4 is 0 Å². The number of carbonyl (C=O) groups excluding carboxylic acids is 1. The summed E-state index contributed by atoms with van der Waals surface area (Å²) in [6, 6.07) is 9.88. The highest BCUT2D eigenvalue weighted by atomic mass is 32.2. The predicted octanol–water partition coefficient (Wildman–Crippen LogP) is 3.12. The molecule has 0 aliphatic heterocycles. The van der Waals surface area contributed by atoms with E-state index in [9.17, 15) is 4.79 Å². The standard InChI is InChI=1S/C12H16O2S/c1-3-9-14-12(13)10(2)15-11-7-5-4-6-8-11/h4-8,10H,3,9H2,1-2H3. The van der Waals surface area contributed by atoms with Crippen molar-refractivity contribution in [3.8, 4) is 0 Å². The largest absolute Gasteiger partial charge is 0.465 e. The third kappa shape index (κ3) is 4.38. The number of rotatable bonds is 5. The highest BCUT2D eigenvalue weighted by molar-refractivity contribution is 8.00. The van der Waals surface area contributed by atoms with Gasteiger partial charge in [0.05, 0.1) is 6.61 Å². The summed E-state index contributed by atoms with van der Waals surface area (Å²) in [6.07, 6.45) is 0.870. The van der Waals surface area contributed by atoms with Gasteiger partial charge in [0.25, 0.3) is 0 Å². The maximum absolute atomic E-state index is 11.5. The number of hydrogen-bond donors (Lipinski definition) is 0. The lowest BCUT2D eigenvalue weighted by molar-refractivity contribution is -0.142. The van der Waals surface area contributed by atoms with E-state index in [4.69, 9.17) is 4.74 Å². The molecule has 1 rings (SSSR count). The molecule has 1 aromatic rings. The monoisotopic (exact) mass is 224 g/mol. The topological polar surface area (TPSA) is 26.3 Å². The van der Waals surface area contributed by atoms with E-state index in [0.717, 1.165) is 11.3 Å². The fraction of sp³-hybridized carbons (Fsp3) is 0.417. The Kier molecular flexibility index (Phi) is 5.26. The third-order valence-corrected chi connectivity index (χ3v) is 2.93. The van der Waals surface area contributed by atoms with Crippen LogP contribution >= 0.6 is 11.8 Å². The SMILES string of the molecule is CCCOC(=O)C(C)Sc1ccccc1. The summed E-state index contributed by atoms with van der Waals surface area (Å²) in [5, 5.41) is -0.140. The van der Waals surface area contributed by atoms with E-state index < -0.39 is 0 Å². The van der Waals surface area contributed by atoms with Gasteiger partial charge in [-0.1, -0.05) is 25.1 Å². The van der Waals surface area contributed by atoms with Crippen molar-refractivity contribution in [1.29, 1.82) is 0 Å². The molecule has 0 bridgehead atoms. The van der Waals surface area contributed by atoms with Crippen LogP contribution in [0.3, 0.4) is 0 Å². The molecule has 0 heterocycles. The first-order valence-corrected chi connectivity index (χ1v) is 6.00. The summed E-state index contributed by atoms with van der Waals surface area (Å²) < 4.78 is 5.07. The van der Waals surface area contributed by atoms with Gasteiger partial charge in [0.1, 0.15) is 5.25 Å². The van der Waals surface area contributed by atoms with Crippen LogP contribution in [-0.4, -0.2) is 17.8 Å². The zero-order valence-corrected chi connectivity index (χ0v) is 9.92. The molecule has 0 saturated carbocycles. The minimum Gasteiger partial charge on any atom is -0.465 e. The summed E-state index contributed by atoms with van der Waals surface area (Å²) in [4.78, 5) is 12.6. The van der Waals surface area contributed by atoms with Crippen LogP contribution in [0.2, 0.25) is 0 Å². The molecule has 1 atom stereocenters. The Morgan fingerprint density at radius 1 is 1.40 bits per heavy atom. The van der Waals surface area contributed by atoms with Crippen molar-refractivity contribution < 1.29 is 9.53 Å². The Morgan fingerprint density at radius 3 is 2.67 bits per heavy atom. The second-order valence-corrected chi connectivity index (χ2v) is 4.65. The normalized spacial score (nSPS) is 12.1. The van der Waals surface area contributed by atoms with Gasteiger partial charge in [0, 0.05) is 4.90 Å². The number of esters is 1. The number of carbonyl (C=O) groups is 1. The summed E-state index contributed by atoms with van der Waals surface area (Å²) in [5.74, 6) is -0.134. The quantitative estimate of drug-likeness (QED) is 0.568.